The van der Waals surface area contributed by atoms with E-state index in [1.54, 1.807) is 44.0 Å². The van der Waals surface area contributed by atoms with E-state index in [1.807, 2.05) is 0 Å². The number of carbonyl (C=O) groups is 2. The normalized spacial score (nSPS) is 16.9. The largest absolute Gasteiger partial charge is 0.355 e. The summed E-state index contributed by atoms with van der Waals surface area (Å²) in [6, 6.07) is 6.35. The number of amides is 2. The van der Waals surface area contributed by atoms with Gasteiger partial charge in [0.05, 0.1) is 27.5 Å². The number of aromatic nitrogens is 2. The molecule has 1 aromatic carbocycles. The topological polar surface area (TPSA) is 109 Å². The summed E-state index contributed by atoms with van der Waals surface area (Å²) in [6.07, 6.45) is 3.09. The van der Waals surface area contributed by atoms with Gasteiger partial charge in [0.25, 0.3) is 11.8 Å². The van der Waals surface area contributed by atoms with E-state index in [9.17, 15) is 18.0 Å². The molecule has 2 aromatic rings. The van der Waals surface area contributed by atoms with Crippen LogP contribution in [0.5, 0.6) is 0 Å². The van der Waals surface area contributed by atoms with E-state index in [0.29, 0.717) is 30.2 Å². The van der Waals surface area contributed by atoms with Crippen molar-refractivity contribution in [3.05, 3.63) is 53.1 Å². The molecule has 1 unspecified atom stereocenters. The summed E-state index contributed by atoms with van der Waals surface area (Å²) in [6.45, 7) is 4.27. The molecule has 1 aliphatic heterocycles. The molecule has 1 atom stereocenters. The minimum atomic E-state index is -3.51. The van der Waals surface area contributed by atoms with Crippen LogP contribution >= 0.6 is 0 Å². The van der Waals surface area contributed by atoms with Crippen molar-refractivity contribution in [2.45, 2.75) is 37.5 Å². The number of carbonyl (C=O) groups excluding carboxylic acids is 2. The van der Waals surface area contributed by atoms with Crippen molar-refractivity contribution in [3.63, 3.8) is 0 Å². The maximum atomic E-state index is 13.2. The lowest BCUT2D eigenvalue weighted by atomic mass is 9.96. The number of rotatable bonds is 5. The van der Waals surface area contributed by atoms with Crippen LogP contribution in [0, 0.1) is 6.92 Å². The van der Waals surface area contributed by atoms with E-state index >= 15 is 0 Å². The Kier molecular flexibility index (Phi) is 6.50. The van der Waals surface area contributed by atoms with Crippen LogP contribution in [0.15, 0.2) is 35.4 Å². The second-order valence-electron chi connectivity index (χ2n) is 7.30. The van der Waals surface area contributed by atoms with Crippen LogP contribution in [0.4, 0.5) is 0 Å². The number of sulfone groups is 1. The molecule has 1 N–H and O–H groups in total. The number of hydrogen-bond donors (Lipinski definition) is 1. The minimum absolute atomic E-state index is 0.0648. The second-order valence-corrected chi connectivity index (χ2v) is 9.54. The Morgan fingerprint density at radius 3 is 2.63 bits per heavy atom. The van der Waals surface area contributed by atoms with Crippen LogP contribution in [0.1, 0.15) is 57.9 Å². The summed E-state index contributed by atoms with van der Waals surface area (Å²) in [7, 11) is -1.96. The van der Waals surface area contributed by atoms with Crippen molar-refractivity contribution < 1.29 is 18.0 Å². The standard InChI is InChI=1S/C21H26N4O4S/c1-4-30(28,29)18-10-6-5-9-16(18)21(27)25-11-7-8-15(13-25)19-23-12-17(14(2)24-19)20(26)22-3/h5-6,9-10,12,15H,4,7-8,11,13H2,1-3H3,(H,22,26). The first-order chi connectivity index (χ1) is 14.3. The molecule has 0 spiro atoms. The van der Waals surface area contributed by atoms with Gasteiger partial charge in [0, 0.05) is 32.3 Å². The molecule has 1 aliphatic rings. The number of aryl methyl sites for hydroxylation is 1. The maximum Gasteiger partial charge on any atom is 0.255 e. The van der Waals surface area contributed by atoms with E-state index in [2.05, 4.69) is 15.3 Å². The summed E-state index contributed by atoms with van der Waals surface area (Å²) in [5, 5.41) is 2.56. The van der Waals surface area contributed by atoms with Crippen LogP contribution in [0.3, 0.4) is 0 Å². The number of likely N-dealkylation sites (tertiary alicyclic amines) is 1. The first-order valence-corrected chi connectivity index (χ1v) is 11.6. The molecule has 0 aliphatic carbocycles. The molecule has 0 saturated carbocycles. The molecule has 9 heteroatoms. The highest BCUT2D eigenvalue weighted by atomic mass is 32.2. The molecule has 1 saturated heterocycles. The zero-order chi connectivity index (χ0) is 21.9. The molecule has 0 radical (unpaired) electrons. The lowest BCUT2D eigenvalue weighted by Crippen LogP contribution is -2.40. The first-order valence-electron chi connectivity index (χ1n) is 9.95. The summed E-state index contributed by atoms with van der Waals surface area (Å²) < 4.78 is 24.8. The molecule has 1 aromatic heterocycles. The molecule has 8 nitrogen and oxygen atoms in total. The van der Waals surface area contributed by atoms with Gasteiger partial charge in [-0.1, -0.05) is 19.1 Å². The molecule has 3 rings (SSSR count). The first kappa shape index (κ1) is 21.9. The third-order valence-electron chi connectivity index (χ3n) is 5.38. The highest BCUT2D eigenvalue weighted by Gasteiger charge is 2.30. The van der Waals surface area contributed by atoms with Gasteiger partial charge in [-0.15, -0.1) is 0 Å². The predicted octanol–water partition coefficient (Wildman–Crippen LogP) is 1.96. The summed E-state index contributed by atoms with van der Waals surface area (Å²) >= 11 is 0. The zero-order valence-corrected chi connectivity index (χ0v) is 18.2. The number of hydrogen-bond acceptors (Lipinski definition) is 6. The van der Waals surface area contributed by atoms with Gasteiger partial charge < -0.3 is 10.2 Å². The van der Waals surface area contributed by atoms with Crippen LogP contribution in [-0.4, -0.2) is 61.0 Å². The Morgan fingerprint density at radius 2 is 1.97 bits per heavy atom. The van der Waals surface area contributed by atoms with E-state index < -0.39 is 9.84 Å². The van der Waals surface area contributed by atoms with Gasteiger partial charge in [0.2, 0.25) is 0 Å². The lowest BCUT2D eigenvalue weighted by molar-refractivity contribution is 0.0700. The Morgan fingerprint density at radius 1 is 1.23 bits per heavy atom. The van der Waals surface area contributed by atoms with E-state index in [0.717, 1.165) is 12.8 Å². The van der Waals surface area contributed by atoms with Crippen molar-refractivity contribution in [1.29, 1.82) is 0 Å². The monoisotopic (exact) mass is 430 g/mol. The Hall–Kier alpha value is -2.81. The molecule has 2 heterocycles. The fraction of sp³-hybridized carbons (Fsp3) is 0.429. The van der Waals surface area contributed by atoms with Gasteiger partial charge in [-0.2, -0.15) is 0 Å². The average Bonchev–Trinajstić information content (AvgIpc) is 2.78. The number of benzene rings is 1. The van der Waals surface area contributed by atoms with Crippen molar-refractivity contribution in [1.82, 2.24) is 20.2 Å². The molecular weight excluding hydrogens is 404 g/mol. The van der Waals surface area contributed by atoms with Crippen molar-refractivity contribution in [2.24, 2.45) is 0 Å². The van der Waals surface area contributed by atoms with E-state index in [-0.39, 0.29) is 33.9 Å². The summed E-state index contributed by atoms with van der Waals surface area (Å²) in [5.41, 5.74) is 1.21. The molecule has 2 amide bonds. The van der Waals surface area contributed by atoms with Crippen LogP contribution in [0.25, 0.3) is 0 Å². The zero-order valence-electron chi connectivity index (χ0n) is 17.4. The summed E-state index contributed by atoms with van der Waals surface area (Å²) in [4.78, 5) is 35.6. The van der Waals surface area contributed by atoms with E-state index in [1.165, 1.54) is 12.3 Å². The molecule has 30 heavy (non-hydrogen) atoms. The quantitative estimate of drug-likeness (QED) is 0.777. The van der Waals surface area contributed by atoms with E-state index in [4.69, 9.17) is 0 Å². The minimum Gasteiger partial charge on any atom is -0.355 e. The van der Waals surface area contributed by atoms with Crippen LogP contribution in [-0.2, 0) is 9.84 Å². The van der Waals surface area contributed by atoms with Crippen molar-refractivity contribution in [2.75, 3.05) is 25.9 Å². The van der Waals surface area contributed by atoms with Gasteiger partial charge in [-0.25, -0.2) is 18.4 Å². The van der Waals surface area contributed by atoms with Gasteiger partial charge in [0.15, 0.2) is 9.84 Å². The van der Waals surface area contributed by atoms with Crippen molar-refractivity contribution >= 4 is 21.7 Å². The fourth-order valence-corrected chi connectivity index (χ4v) is 4.74. The summed E-state index contributed by atoms with van der Waals surface area (Å²) in [5.74, 6) is -0.0912. The predicted molar refractivity (Wildman–Crippen MR) is 112 cm³/mol. The highest BCUT2D eigenvalue weighted by Crippen LogP contribution is 2.27. The maximum absolute atomic E-state index is 13.2. The molecule has 160 valence electrons. The van der Waals surface area contributed by atoms with Crippen LogP contribution in [0.2, 0.25) is 0 Å². The molecule has 0 bridgehead atoms. The Labute approximate surface area is 176 Å². The Bertz CT molecular complexity index is 1070. The number of piperidine rings is 1. The number of nitrogens with one attached hydrogen (secondary N) is 1. The third-order valence-corrected chi connectivity index (χ3v) is 7.16. The van der Waals surface area contributed by atoms with Gasteiger partial charge in [0.1, 0.15) is 5.82 Å². The van der Waals surface area contributed by atoms with Crippen molar-refractivity contribution in [3.8, 4) is 0 Å². The second kappa shape index (κ2) is 8.91. The smallest absolute Gasteiger partial charge is 0.255 e. The average molecular weight is 431 g/mol. The Balaban J connectivity index is 1.85. The third kappa shape index (κ3) is 4.35. The molecular formula is C21H26N4O4S. The van der Waals surface area contributed by atoms with Crippen LogP contribution < -0.4 is 5.32 Å². The molecule has 1 fully saturated rings. The van der Waals surface area contributed by atoms with Gasteiger partial charge >= 0.3 is 0 Å². The SMILES string of the molecule is CCS(=O)(=O)c1ccccc1C(=O)N1CCCC(c2ncc(C(=O)NC)c(C)n2)C1. The lowest BCUT2D eigenvalue weighted by Gasteiger charge is -2.32. The van der Waals surface area contributed by atoms with Gasteiger partial charge in [-0.05, 0) is 31.9 Å². The number of nitrogens with zero attached hydrogens (tertiary/aromatic N) is 3. The van der Waals surface area contributed by atoms with Gasteiger partial charge in [-0.3, -0.25) is 9.59 Å². The fourth-order valence-electron chi connectivity index (χ4n) is 3.65. The highest BCUT2D eigenvalue weighted by molar-refractivity contribution is 7.91.